The molecule has 3 rings (SSSR count). The summed E-state index contributed by atoms with van der Waals surface area (Å²) >= 11 is 12.0. The maximum atomic E-state index is 12.3. The summed E-state index contributed by atoms with van der Waals surface area (Å²) in [5.74, 6) is 0.549. The molecular weight excluding hydrogens is 487 g/mol. The molecule has 174 valence electrons. The molecule has 3 aromatic carbocycles. The lowest BCUT2D eigenvalue weighted by Gasteiger charge is -2.23. The van der Waals surface area contributed by atoms with E-state index in [1.807, 2.05) is 0 Å². The van der Waals surface area contributed by atoms with Gasteiger partial charge >= 0.3 is 0 Å². The first-order valence-electron chi connectivity index (χ1n) is 9.74. The molecule has 0 bridgehead atoms. The van der Waals surface area contributed by atoms with Gasteiger partial charge in [-0.1, -0.05) is 35.3 Å². The van der Waals surface area contributed by atoms with Gasteiger partial charge in [-0.05, 0) is 60.2 Å². The van der Waals surface area contributed by atoms with E-state index >= 15 is 0 Å². The maximum Gasteiger partial charge on any atom is 0.262 e. The van der Waals surface area contributed by atoms with Crippen molar-refractivity contribution in [3.05, 3.63) is 82.3 Å². The molecular formula is C23H22Cl2N2O5S. The number of rotatable bonds is 9. The summed E-state index contributed by atoms with van der Waals surface area (Å²) in [6, 6.07) is 18.3. The van der Waals surface area contributed by atoms with Crippen LogP contribution in [0.15, 0.2) is 66.7 Å². The Hall–Kier alpha value is -2.94. The molecule has 33 heavy (non-hydrogen) atoms. The molecule has 0 saturated heterocycles. The van der Waals surface area contributed by atoms with Crippen LogP contribution in [0.1, 0.15) is 5.56 Å². The molecule has 0 aliphatic rings. The first-order valence-corrected chi connectivity index (χ1v) is 12.3. The van der Waals surface area contributed by atoms with Crippen molar-refractivity contribution < 1.29 is 22.7 Å². The summed E-state index contributed by atoms with van der Waals surface area (Å²) in [7, 11) is -2.03. The van der Waals surface area contributed by atoms with Gasteiger partial charge in [-0.2, -0.15) is 0 Å². The third-order valence-electron chi connectivity index (χ3n) is 4.57. The van der Waals surface area contributed by atoms with E-state index < -0.39 is 10.0 Å². The molecule has 1 amide bonds. The van der Waals surface area contributed by atoms with E-state index in [1.165, 1.54) is 11.4 Å². The normalized spacial score (nSPS) is 11.0. The van der Waals surface area contributed by atoms with Gasteiger partial charge in [0.2, 0.25) is 10.0 Å². The average Bonchev–Trinajstić information content (AvgIpc) is 2.77. The molecule has 0 saturated carbocycles. The molecule has 0 fully saturated rings. The quantitative estimate of drug-likeness (QED) is 0.440. The zero-order valence-electron chi connectivity index (χ0n) is 17.9. The van der Waals surface area contributed by atoms with E-state index in [2.05, 4.69) is 5.32 Å². The third-order valence-corrected chi connectivity index (χ3v) is 6.26. The molecule has 0 aliphatic carbocycles. The highest BCUT2D eigenvalue weighted by molar-refractivity contribution is 7.92. The lowest BCUT2D eigenvalue weighted by molar-refractivity contribution is -0.118. The number of halogens is 2. The Labute approximate surface area is 202 Å². The van der Waals surface area contributed by atoms with Gasteiger partial charge in [-0.15, -0.1) is 0 Å². The Morgan fingerprint density at radius 1 is 1.00 bits per heavy atom. The largest absolute Gasteiger partial charge is 0.495 e. The predicted molar refractivity (Wildman–Crippen MR) is 131 cm³/mol. The van der Waals surface area contributed by atoms with Crippen molar-refractivity contribution in [1.82, 2.24) is 0 Å². The van der Waals surface area contributed by atoms with Crippen LogP contribution in [0.25, 0.3) is 0 Å². The Bertz CT molecular complexity index is 1220. The average molecular weight is 509 g/mol. The summed E-state index contributed by atoms with van der Waals surface area (Å²) in [5.41, 5.74) is 1.77. The summed E-state index contributed by atoms with van der Waals surface area (Å²) in [5, 5.41) is 3.63. The zero-order valence-corrected chi connectivity index (χ0v) is 20.2. The number of carbonyl (C=O) groups excluding carboxylic acids is 1. The van der Waals surface area contributed by atoms with Crippen LogP contribution in [-0.2, 0) is 21.4 Å². The first kappa shape index (κ1) is 24.7. The van der Waals surface area contributed by atoms with Crippen molar-refractivity contribution in [1.29, 1.82) is 0 Å². The molecule has 0 aromatic heterocycles. The standard InChI is InChI=1S/C23H22Cl2N2O5S/c1-31-22-12-7-18(13-21(22)25)26-23(28)15-32-20-10-8-19(9-11-20)27(33(2,29)30)14-16-3-5-17(24)6-4-16/h3-13H,14-15H2,1-2H3,(H,26,28). The van der Waals surface area contributed by atoms with Crippen LogP contribution in [0.2, 0.25) is 10.0 Å². The van der Waals surface area contributed by atoms with Crippen molar-refractivity contribution in [3.8, 4) is 11.5 Å². The van der Waals surface area contributed by atoms with Crippen molar-refractivity contribution in [2.45, 2.75) is 6.54 Å². The van der Waals surface area contributed by atoms with E-state index in [0.29, 0.717) is 32.9 Å². The molecule has 0 atom stereocenters. The second kappa shape index (κ2) is 10.8. The Balaban J connectivity index is 1.62. The zero-order chi connectivity index (χ0) is 24.0. The van der Waals surface area contributed by atoms with Crippen LogP contribution in [-0.4, -0.2) is 34.3 Å². The van der Waals surface area contributed by atoms with E-state index in [9.17, 15) is 13.2 Å². The van der Waals surface area contributed by atoms with Crippen molar-refractivity contribution >= 4 is 50.5 Å². The van der Waals surface area contributed by atoms with Gasteiger partial charge < -0.3 is 14.8 Å². The number of amides is 1. The van der Waals surface area contributed by atoms with Gasteiger partial charge in [0, 0.05) is 10.7 Å². The highest BCUT2D eigenvalue weighted by atomic mass is 35.5. The van der Waals surface area contributed by atoms with E-state index in [0.717, 1.165) is 11.8 Å². The molecule has 0 aliphatic heterocycles. The predicted octanol–water partition coefficient (Wildman–Crippen LogP) is 4.99. The SMILES string of the molecule is COc1ccc(NC(=O)COc2ccc(N(Cc3ccc(Cl)cc3)S(C)(=O)=O)cc2)cc1Cl. The maximum absolute atomic E-state index is 12.3. The summed E-state index contributed by atoms with van der Waals surface area (Å²) in [4.78, 5) is 12.2. The van der Waals surface area contributed by atoms with Gasteiger partial charge in [0.05, 0.1) is 30.6 Å². The molecule has 0 spiro atoms. The highest BCUT2D eigenvalue weighted by Gasteiger charge is 2.18. The van der Waals surface area contributed by atoms with Crippen molar-refractivity contribution in [2.75, 3.05) is 29.6 Å². The van der Waals surface area contributed by atoms with Crippen molar-refractivity contribution in [3.63, 3.8) is 0 Å². The molecule has 1 N–H and O–H groups in total. The Morgan fingerprint density at radius 2 is 1.67 bits per heavy atom. The van der Waals surface area contributed by atoms with Gasteiger partial charge in [0.1, 0.15) is 11.5 Å². The van der Waals surface area contributed by atoms with E-state index in [1.54, 1.807) is 66.7 Å². The molecule has 10 heteroatoms. The Morgan fingerprint density at radius 3 is 2.24 bits per heavy atom. The third kappa shape index (κ3) is 7.02. The van der Waals surface area contributed by atoms with Crippen molar-refractivity contribution in [2.24, 2.45) is 0 Å². The number of nitrogens with zero attached hydrogens (tertiary/aromatic N) is 1. The van der Waals surface area contributed by atoms with E-state index in [4.69, 9.17) is 32.7 Å². The monoisotopic (exact) mass is 508 g/mol. The van der Waals surface area contributed by atoms with Gasteiger partial charge in [0.25, 0.3) is 5.91 Å². The number of carbonyl (C=O) groups is 1. The fraction of sp³-hybridized carbons (Fsp3) is 0.174. The number of benzene rings is 3. The lowest BCUT2D eigenvalue weighted by Crippen LogP contribution is -2.29. The lowest BCUT2D eigenvalue weighted by atomic mass is 10.2. The Kier molecular flexibility index (Phi) is 8.07. The van der Waals surface area contributed by atoms with Gasteiger partial charge in [0.15, 0.2) is 6.61 Å². The second-order valence-electron chi connectivity index (χ2n) is 7.08. The van der Waals surface area contributed by atoms with Crippen LogP contribution in [0.5, 0.6) is 11.5 Å². The topological polar surface area (TPSA) is 84.9 Å². The van der Waals surface area contributed by atoms with Crippen LogP contribution in [0, 0.1) is 0 Å². The molecule has 7 nitrogen and oxygen atoms in total. The number of nitrogens with one attached hydrogen (secondary N) is 1. The summed E-state index contributed by atoms with van der Waals surface area (Å²) in [6.07, 6.45) is 1.14. The van der Waals surface area contributed by atoms with Crippen LogP contribution < -0.4 is 19.1 Å². The minimum absolute atomic E-state index is 0.156. The molecule has 0 radical (unpaired) electrons. The first-order chi connectivity index (χ1) is 15.7. The van der Waals surface area contributed by atoms with E-state index in [-0.39, 0.29) is 19.1 Å². The van der Waals surface area contributed by atoms with Crippen LogP contribution in [0.4, 0.5) is 11.4 Å². The molecule has 0 heterocycles. The smallest absolute Gasteiger partial charge is 0.262 e. The number of hydrogen-bond donors (Lipinski definition) is 1. The minimum atomic E-state index is -3.53. The number of anilines is 2. The summed E-state index contributed by atoms with van der Waals surface area (Å²) < 4.78 is 36.6. The molecule has 0 unspecified atom stereocenters. The minimum Gasteiger partial charge on any atom is -0.495 e. The number of sulfonamides is 1. The second-order valence-corrected chi connectivity index (χ2v) is 9.83. The number of hydrogen-bond acceptors (Lipinski definition) is 5. The highest BCUT2D eigenvalue weighted by Crippen LogP contribution is 2.27. The summed E-state index contributed by atoms with van der Waals surface area (Å²) in [6.45, 7) is -0.0768. The number of methoxy groups -OCH3 is 1. The van der Waals surface area contributed by atoms with Crippen LogP contribution in [0.3, 0.4) is 0 Å². The fourth-order valence-electron chi connectivity index (χ4n) is 2.95. The fourth-order valence-corrected chi connectivity index (χ4v) is 4.23. The van der Waals surface area contributed by atoms with Gasteiger partial charge in [-0.25, -0.2) is 8.42 Å². The van der Waals surface area contributed by atoms with Crippen LogP contribution >= 0.6 is 23.2 Å². The van der Waals surface area contributed by atoms with Gasteiger partial charge in [-0.3, -0.25) is 9.10 Å². The molecule has 3 aromatic rings. The number of ether oxygens (including phenoxy) is 2.